The lowest BCUT2D eigenvalue weighted by atomic mass is 10.1. The highest BCUT2D eigenvalue weighted by Gasteiger charge is 2.20. The van der Waals surface area contributed by atoms with Crippen LogP contribution in [0.15, 0.2) is 41.6 Å². The number of aryl methyl sites for hydroxylation is 1. The van der Waals surface area contributed by atoms with Gasteiger partial charge < -0.3 is 24.1 Å². The highest BCUT2D eigenvalue weighted by molar-refractivity contribution is 7.99. The van der Waals surface area contributed by atoms with E-state index >= 15 is 0 Å². The van der Waals surface area contributed by atoms with Gasteiger partial charge in [0.15, 0.2) is 17.1 Å². The molecule has 0 aliphatic carbocycles. The molecule has 0 aliphatic heterocycles. The zero-order valence-corrected chi connectivity index (χ0v) is 20.6. The number of anilines is 1. The van der Waals surface area contributed by atoms with Crippen molar-refractivity contribution >= 4 is 51.4 Å². The van der Waals surface area contributed by atoms with Gasteiger partial charge in [-0.05, 0) is 12.5 Å². The molecule has 0 aliphatic rings. The summed E-state index contributed by atoms with van der Waals surface area (Å²) in [5, 5.41) is 12.7. The van der Waals surface area contributed by atoms with Crippen LogP contribution in [0.5, 0.6) is 11.5 Å². The monoisotopic (exact) mass is 495 g/mol. The average molecular weight is 496 g/mol. The molecule has 35 heavy (non-hydrogen) atoms. The lowest BCUT2D eigenvalue weighted by Gasteiger charge is -2.14. The third-order valence-corrected chi connectivity index (χ3v) is 6.17. The number of para-hydroxylation sites is 1. The molecule has 0 fully saturated rings. The first-order valence-corrected chi connectivity index (χ1v) is 11.9. The minimum Gasteiger partial charge on any atom is -0.493 e. The Morgan fingerprint density at radius 1 is 1.06 bits per heavy atom. The number of nitrogens with one attached hydrogen (secondary N) is 1. The summed E-state index contributed by atoms with van der Waals surface area (Å²) in [6.07, 6.45) is 0.941. The smallest absolute Gasteiger partial charge is 0.340 e. The van der Waals surface area contributed by atoms with E-state index in [9.17, 15) is 9.59 Å². The quantitative estimate of drug-likeness (QED) is 0.272. The Morgan fingerprint density at radius 3 is 2.51 bits per heavy atom. The molecule has 0 radical (unpaired) electrons. The molecule has 0 unspecified atom stereocenters. The van der Waals surface area contributed by atoms with Crippen LogP contribution in [0.2, 0.25) is 0 Å². The zero-order chi connectivity index (χ0) is 24.9. The average Bonchev–Trinajstić information content (AvgIpc) is 3.20. The molecule has 182 valence electrons. The number of aromatic nitrogens is 4. The van der Waals surface area contributed by atoms with Gasteiger partial charge in [-0.3, -0.25) is 4.79 Å². The van der Waals surface area contributed by atoms with Gasteiger partial charge in [0.2, 0.25) is 11.1 Å². The molecule has 0 atom stereocenters. The van der Waals surface area contributed by atoms with Gasteiger partial charge in [-0.2, -0.15) is 0 Å². The first kappa shape index (κ1) is 24.3. The molecule has 1 amide bonds. The molecular formula is C24H25N5O5S. The van der Waals surface area contributed by atoms with Crippen LogP contribution in [-0.4, -0.2) is 58.7 Å². The predicted molar refractivity (Wildman–Crippen MR) is 133 cm³/mol. The number of carbonyl (C=O) groups is 2. The molecule has 11 heteroatoms. The normalized spacial score (nSPS) is 11.0. The second kappa shape index (κ2) is 10.6. The molecule has 4 rings (SSSR count). The van der Waals surface area contributed by atoms with E-state index in [0.29, 0.717) is 16.7 Å². The first-order valence-electron chi connectivity index (χ1n) is 10.9. The number of benzene rings is 2. The standard InChI is InChI=1S/C24H25N5O5S/c1-5-10-29-17-9-7-6-8-14(17)21-22(29)26-24(28-27-21)35-13-20(30)25-16-12-19(33-3)18(32-2)11-15(16)23(31)34-4/h6-9,11-12H,5,10,13H2,1-4H3,(H,25,30). The largest absolute Gasteiger partial charge is 0.493 e. The van der Waals surface area contributed by atoms with Gasteiger partial charge in [-0.25, -0.2) is 9.78 Å². The van der Waals surface area contributed by atoms with Gasteiger partial charge in [-0.1, -0.05) is 36.9 Å². The molecule has 2 aromatic heterocycles. The Balaban J connectivity index is 1.56. The number of carbonyl (C=O) groups excluding carboxylic acids is 2. The molecule has 0 spiro atoms. The molecule has 2 aromatic carbocycles. The SMILES string of the molecule is CCCn1c2ccccc2c2nnc(SCC(=O)Nc3cc(OC)c(OC)cc3C(=O)OC)nc21. The summed E-state index contributed by atoms with van der Waals surface area (Å²) in [7, 11) is 4.19. The van der Waals surface area contributed by atoms with E-state index in [1.807, 2.05) is 24.3 Å². The van der Waals surface area contributed by atoms with E-state index < -0.39 is 5.97 Å². The lowest BCUT2D eigenvalue weighted by molar-refractivity contribution is -0.113. The summed E-state index contributed by atoms with van der Waals surface area (Å²) in [6, 6.07) is 11.0. The Bertz CT molecular complexity index is 1400. The maximum Gasteiger partial charge on any atom is 0.340 e. The summed E-state index contributed by atoms with van der Waals surface area (Å²) in [4.78, 5) is 29.7. The Hall–Kier alpha value is -3.86. The van der Waals surface area contributed by atoms with Crippen molar-refractivity contribution in [1.29, 1.82) is 0 Å². The van der Waals surface area contributed by atoms with Crippen LogP contribution in [0.3, 0.4) is 0 Å². The van der Waals surface area contributed by atoms with E-state index in [2.05, 4.69) is 32.0 Å². The molecule has 10 nitrogen and oxygen atoms in total. The fraction of sp³-hybridized carbons (Fsp3) is 0.292. The van der Waals surface area contributed by atoms with Crippen molar-refractivity contribution < 1.29 is 23.8 Å². The number of hydrogen-bond donors (Lipinski definition) is 1. The minimum atomic E-state index is -0.615. The van der Waals surface area contributed by atoms with Crippen LogP contribution in [0.1, 0.15) is 23.7 Å². The highest BCUT2D eigenvalue weighted by Crippen LogP contribution is 2.34. The van der Waals surface area contributed by atoms with E-state index in [1.165, 1.54) is 33.5 Å². The van der Waals surface area contributed by atoms with E-state index in [4.69, 9.17) is 14.2 Å². The van der Waals surface area contributed by atoms with Crippen molar-refractivity contribution in [3.05, 3.63) is 42.0 Å². The Kier molecular flexibility index (Phi) is 7.35. The summed E-state index contributed by atoms with van der Waals surface area (Å²) >= 11 is 1.15. The number of ether oxygens (including phenoxy) is 3. The second-order valence-corrected chi connectivity index (χ2v) is 8.46. The number of methoxy groups -OCH3 is 3. The van der Waals surface area contributed by atoms with Crippen LogP contribution >= 0.6 is 11.8 Å². The summed E-state index contributed by atoms with van der Waals surface area (Å²) in [5.41, 5.74) is 2.91. The number of rotatable bonds is 9. The molecule has 0 bridgehead atoms. The molecular weight excluding hydrogens is 470 g/mol. The van der Waals surface area contributed by atoms with Crippen molar-refractivity contribution in [2.75, 3.05) is 32.4 Å². The van der Waals surface area contributed by atoms with Crippen molar-refractivity contribution in [3.63, 3.8) is 0 Å². The maximum atomic E-state index is 12.7. The molecule has 1 N–H and O–H groups in total. The number of nitrogens with zero attached hydrogens (tertiary/aromatic N) is 4. The van der Waals surface area contributed by atoms with Crippen LogP contribution in [-0.2, 0) is 16.1 Å². The predicted octanol–water partition coefficient (Wildman–Crippen LogP) is 3.92. The van der Waals surface area contributed by atoms with E-state index in [1.54, 1.807) is 0 Å². The third-order valence-electron chi connectivity index (χ3n) is 5.34. The fourth-order valence-corrected chi connectivity index (χ4v) is 4.36. The maximum absolute atomic E-state index is 12.7. The van der Waals surface area contributed by atoms with Crippen LogP contribution in [0.4, 0.5) is 5.69 Å². The van der Waals surface area contributed by atoms with Gasteiger partial charge in [-0.15, -0.1) is 10.2 Å². The number of esters is 1. The fourth-order valence-electron chi connectivity index (χ4n) is 3.78. The number of amides is 1. The van der Waals surface area contributed by atoms with Gasteiger partial charge in [0.25, 0.3) is 0 Å². The number of hydrogen-bond acceptors (Lipinski definition) is 9. The van der Waals surface area contributed by atoms with E-state index in [0.717, 1.165) is 46.8 Å². The van der Waals surface area contributed by atoms with Gasteiger partial charge in [0.05, 0.1) is 43.8 Å². The van der Waals surface area contributed by atoms with Crippen LogP contribution in [0.25, 0.3) is 22.1 Å². The second-order valence-electron chi connectivity index (χ2n) is 7.52. The van der Waals surface area contributed by atoms with Crippen molar-refractivity contribution in [1.82, 2.24) is 19.7 Å². The number of thioether (sulfide) groups is 1. The first-order chi connectivity index (χ1) is 17.0. The van der Waals surface area contributed by atoms with Crippen molar-refractivity contribution in [2.24, 2.45) is 0 Å². The third kappa shape index (κ3) is 4.85. The van der Waals surface area contributed by atoms with Gasteiger partial charge in [0.1, 0.15) is 5.52 Å². The summed E-state index contributed by atoms with van der Waals surface area (Å²) in [5.74, 6) is -0.253. The Labute approximate surface area is 206 Å². The molecule has 2 heterocycles. The van der Waals surface area contributed by atoms with Gasteiger partial charge in [0, 0.05) is 24.1 Å². The van der Waals surface area contributed by atoms with Crippen molar-refractivity contribution in [3.8, 4) is 11.5 Å². The minimum absolute atomic E-state index is 0.0101. The van der Waals surface area contributed by atoms with E-state index in [-0.39, 0.29) is 22.9 Å². The van der Waals surface area contributed by atoms with Gasteiger partial charge >= 0.3 is 5.97 Å². The molecule has 0 saturated carbocycles. The number of fused-ring (bicyclic) bond motifs is 3. The van der Waals surface area contributed by atoms with Crippen LogP contribution < -0.4 is 14.8 Å². The molecule has 4 aromatic rings. The lowest BCUT2D eigenvalue weighted by Crippen LogP contribution is -2.17. The van der Waals surface area contributed by atoms with Crippen LogP contribution in [0, 0.1) is 0 Å². The summed E-state index contributed by atoms with van der Waals surface area (Å²) < 4.78 is 17.5. The topological polar surface area (TPSA) is 117 Å². The highest BCUT2D eigenvalue weighted by atomic mass is 32.2. The van der Waals surface area contributed by atoms with Crippen molar-refractivity contribution in [2.45, 2.75) is 25.0 Å². The molecule has 0 saturated heterocycles. The Morgan fingerprint density at radius 2 is 1.80 bits per heavy atom. The zero-order valence-electron chi connectivity index (χ0n) is 19.8. The summed E-state index contributed by atoms with van der Waals surface area (Å²) in [6.45, 7) is 2.90.